The van der Waals surface area contributed by atoms with Gasteiger partial charge in [-0.25, -0.2) is 4.98 Å². The van der Waals surface area contributed by atoms with Gasteiger partial charge in [0.25, 0.3) is 0 Å². The molecule has 1 aliphatic heterocycles. The van der Waals surface area contributed by atoms with Gasteiger partial charge < -0.3 is 15.7 Å². The van der Waals surface area contributed by atoms with Crippen LogP contribution in [0.2, 0.25) is 0 Å². The third kappa shape index (κ3) is 2.44. The molecule has 0 aliphatic carbocycles. The highest BCUT2D eigenvalue weighted by molar-refractivity contribution is 5.51. The maximum Gasteiger partial charge on any atom is 0.130 e. The normalized spacial score (nSPS) is 20.3. The third-order valence-corrected chi connectivity index (χ3v) is 3.14. The number of nitrogens with zero attached hydrogens (tertiary/aromatic N) is 2. The molecule has 1 aliphatic rings. The minimum atomic E-state index is 0.273. The van der Waals surface area contributed by atoms with E-state index in [-0.39, 0.29) is 6.61 Å². The maximum absolute atomic E-state index is 8.87. The topological polar surface area (TPSA) is 62.4 Å². The summed E-state index contributed by atoms with van der Waals surface area (Å²) >= 11 is 0. The fraction of sp³-hybridized carbons (Fsp3) is 0.583. The molecule has 0 saturated carbocycles. The third-order valence-electron chi connectivity index (χ3n) is 3.14. The molecule has 2 heterocycles. The predicted octanol–water partition coefficient (Wildman–Crippen LogP) is 1.41. The first-order chi connectivity index (χ1) is 7.81. The number of anilines is 2. The van der Waals surface area contributed by atoms with Gasteiger partial charge >= 0.3 is 0 Å². The zero-order valence-electron chi connectivity index (χ0n) is 9.47. The van der Waals surface area contributed by atoms with Gasteiger partial charge in [0.2, 0.25) is 0 Å². The first-order valence-electron chi connectivity index (χ1n) is 5.90. The Balaban J connectivity index is 2.07. The average molecular weight is 221 g/mol. The molecule has 1 saturated heterocycles. The van der Waals surface area contributed by atoms with Crippen LogP contribution in [0.1, 0.15) is 25.7 Å². The van der Waals surface area contributed by atoms with Gasteiger partial charge in [0.15, 0.2) is 0 Å². The molecule has 0 spiro atoms. The van der Waals surface area contributed by atoms with Crippen molar-refractivity contribution in [2.75, 3.05) is 23.8 Å². The summed E-state index contributed by atoms with van der Waals surface area (Å²) in [5.74, 6) is 0.973. The molecule has 1 fully saturated rings. The van der Waals surface area contributed by atoms with E-state index in [1.165, 1.54) is 12.8 Å². The minimum Gasteiger partial charge on any atom is -0.399 e. The van der Waals surface area contributed by atoms with Crippen LogP contribution in [0, 0.1) is 0 Å². The second-order valence-electron chi connectivity index (χ2n) is 4.30. The van der Waals surface area contributed by atoms with Crippen LogP contribution in [0.3, 0.4) is 0 Å². The minimum absolute atomic E-state index is 0.273. The molecule has 2 rings (SSSR count). The van der Waals surface area contributed by atoms with Crippen LogP contribution in [0.5, 0.6) is 0 Å². The Morgan fingerprint density at radius 1 is 1.56 bits per heavy atom. The van der Waals surface area contributed by atoms with E-state index in [0.29, 0.717) is 6.04 Å². The molecule has 4 nitrogen and oxygen atoms in total. The number of aromatic nitrogens is 1. The Morgan fingerprint density at radius 2 is 2.44 bits per heavy atom. The Labute approximate surface area is 96.1 Å². The van der Waals surface area contributed by atoms with Crippen LogP contribution >= 0.6 is 0 Å². The van der Waals surface area contributed by atoms with Crippen molar-refractivity contribution in [1.29, 1.82) is 0 Å². The summed E-state index contributed by atoms with van der Waals surface area (Å²) in [5.41, 5.74) is 6.53. The van der Waals surface area contributed by atoms with Gasteiger partial charge in [0, 0.05) is 37.1 Å². The number of hydrogen-bond donors (Lipinski definition) is 2. The van der Waals surface area contributed by atoms with Crippen LogP contribution in [0.4, 0.5) is 11.5 Å². The molecule has 16 heavy (non-hydrogen) atoms. The number of aliphatic hydroxyl groups is 1. The lowest BCUT2D eigenvalue weighted by molar-refractivity contribution is 0.279. The average Bonchev–Trinajstić information content (AvgIpc) is 2.74. The lowest BCUT2D eigenvalue weighted by Crippen LogP contribution is -2.30. The van der Waals surface area contributed by atoms with Crippen LogP contribution in [-0.4, -0.2) is 29.3 Å². The van der Waals surface area contributed by atoms with E-state index < -0.39 is 0 Å². The Morgan fingerprint density at radius 3 is 3.19 bits per heavy atom. The fourth-order valence-corrected chi connectivity index (χ4v) is 2.36. The lowest BCUT2D eigenvalue weighted by atomic mass is 10.1. The summed E-state index contributed by atoms with van der Waals surface area (Å²) in [6.45, 7) is 1.32. The zero-order valence-corrected chi connectivity index (χ0v) is 9.47. The first kappa shape index (κ1) is 11.2. The predicted molar refractivity (Wildman–Crippen MR) is 65.3 cm³/mol. The van der Waals surface area contributed by atoms with Gasteiger partial charge in [-0.15, -0.1) is 0 Å². The van der Waals surface area contributed by atoms with Crippen LogP contribution in [-0.2, 0) is 0 Å². The Hall–Kier alpha value is -1.29. The van der Waals surface area contributed by atoms with Crippen molar-refractivity contribution in [2.45, 2.75) is 31.7 Å². The fourth-order valence-electron chi connectivity index (χ4n) is 2.36. The van der Waals surface area contributed by atoms with E-state index in [9.17, 15) is 0 Å². The van der Waals surface area contributed by atoms with Crippen molar-refractivity contribution in [1.82, 2.24) is 4.98 Å². The number of aliphatic hydroxyl groups excluding tert-OH is 1. The van der Waals surface area contributed by atoms with Crippen molar-refractivity contribution in [3.05, 3.63) is 18.3 Å². The maximum atomic E-state index is 8.87. The largest absolute Gasteiger partial charge is 0.399 e. The molecule has 3 N–H and O–H groups in total. The van der Waals surface area contributed by atoms with Gasteiger partial charge in [-0.3, -0.25) is 0 Å². The highest BCUT2D eigenvalue weighted by Gasteiger charge is 2.24. The Bertz CT molecular complexity index is 343. The number of rotatable bonds is 4. The standard InChI is InChI=1S/C12H19N3O/c13-10-5-6-14-12(9-10)15-7-1-3-11(15)4-2-8-16/h5-6,9,11,16H,1-4,7-8H2,(H2,13,14). The quantitative estimate of drug-likeness (QED) is 0.807. The van der Waals surface area contributed by atoms with E-state index in [4.69, 9.17) is 10.8 Å². The molecular formula is C12H19N3O. The van der Waals surface area contributed by atoms with Crippen molar-refractivity contribution < 1.29 is 5.11 Å². The van der Waals surface area contributed by atoms with Crippen molar-refractivity contribution >= 4 is 11.5 Å². The van der Waals surface area contributed by atoms with Gasteiger partial charge in [-0.1, -0.05) is 0 Å². The molecule has 0 radical (unpaired) electrons. The SMILES string of the molecule is Nc1ccnc(N2CCCC2CCCO)c1. The van der Waals surface area contributed by atoms with E-state index in [0.717, 1.165) is 30.9 Å². The molecule has 1 unspecified atom stereocenters. The van der Waals surface area contributed by atoms with Gasteiger partial charge in [-0.05, 0) is 31.7 Å². The van der Waals surface area contributed by atoms with Gasteiger partial charge in [-0.2, -0.15) is 0 Å². The molecule has 88 valence electrons. The molecule has 0 aromatic carbocycles. The van der Waals surface area contributed by atoms with E-state index in [1.54, 1.807) is 6.20 Å². The van der Waals surface area contributed by atoms with Crippen LogP contribution in [0.15, 0.2) is 18.3 Å². The smallest absolute Gasteiger partial charge is 0.130 e. The summed E-state index contributed by atoms with van der Waals surface area (Å²) in [6.07, 6.45) is 6.05. The van der Waals surface area contributed by atoms with Crippen molar-refractivity contribution in [3.63, 3.8) is 0 Å². The van der Waals surface area contributed by atoms with Crippen molar-refractivity contribution in [2.24, 2.45) is 0 Å². The van der Waals surface area contributed by atoms with Crippen LogP contribution in [0.25, 0.3) is 0 Å². The number of hydrogen-bond acceptors (Lipinski definition) is 4. The van der Waals surface area contributed by atoms with Crippen molar-refractivity contribution in [3.8, 4) is 0 Å². The summed E-state index contributed by atoms with van der Waals surface area (Å²) in [6, 6.07) is 4.25. The van der Waals surface area contributed by atoms with E-state index in [1.807, 2.05) is 12.1 Å². The van der Waals surface area contributed by atoms with E-state index >= 15 is 0 Å². The molecule has 1 atom stereocenters. The number of nitrogens with two attached hydrogens (primary N) is 1. The van der Waals surface area contributed by atoms with Gasteiger partial charge in [0.05, 0.1) is 0 Å². The summed E-state index contributed by atoms with van der Waals surface area (Å²) < 4.78 is 0. The molecule has 1 aromatic rings. The number of nitrogen functional groups attached to an aromatic ring is 1. The highest BCUT2D eigenvalue weighted by Crippen LogP contribution is 2.27. The first-order valence-corrected chi connectivity index (χ1v) is 5.90. The summed E-state index contributed by atoms with van der Waals surface area (Å²) in [7, 11) is 0. The zero-order chi connectivity index (χ0) is 11.4. The highest BCUT2D eigenvalue weighted by atomic mass is 16.2. The van der Waals surface area contributed by atoms with Gasteiger partial charge in [0.1, 0.15) is 5.82 Å². The monoisotopic (exact) mass is 221 g/mol. The summed E-state index contributed by atoms with van der Waals surface area (Å²) in [4.78, 5) is 6.67. The van der Waals surface area contributed by atoms with Crippen LogP contribution < -0.4 is 10.6 Å². The Kier molecular flexibility index (Phi) is 3.62. The molecule has 4 heteroatoms. The molecule has 0 bridgehead atoms. The summed E-state index contributed by atoms with van der Waals surface area (Å²) in [5, 5.41) is 8.87. The second kappa shape index (κ2) is 5.16. The molecular weight excluding hydrogens is 202 g/mol. The molecule has 1 aromatic heterocycles. The second-order valence-corrected chi connectivity index (χ2v) is 4.30. The van der Waals surface area contributed by atoms with E-state index in [2.05, 4.69) is 9.88 Å². The number of pyridine rings is 1. The lowest BCUT2D eigenvalue weighted by Gasteiger charge is -2.25. The molecule has 0 amide bonds.